The van der Waals surface area contributed by atoms with E-state index in [9.17, 15) is 4.79 Å². The molecule has 0 amide bonds. The van der Waals surface area contributed by atoms with Gasteiger partial charge in [-0.15, -0.1) is 0 Å². The minimum Gasteiger partial charge on any atom is -0.497 e. The Morgan fingerprint density at radius 2 is 1.72 bits per heavy atom. The fraction of sp³-hybridized carbons (Fsp3) is 0.143. The van der Waals surface area contributed by atoms with Gasteiger partial charge in [0.2, 0.25) is 0 Å². The van der Waals surface area contributed by atoms with Gasteiger partial charge in [-0.1, -0.05) is 89.1 Å². The molecule has 1 aliphatic heterocycles. The lowest BCUT2D eigenvalue weighted by molar-refractivity contribution is 0.306. The maximum Gasteiger partial charge on any atom is 0.271 e. The van der Waals surface area contributed by atoms with E-state index >= 15 is 0 Å². The largest absolute Gasteiger partial charge is 0.497 e. The second-order valence-electron chi connectivity index (χ2n) is 10.5. The summed E-state index contributed by atoms with van der Waals surface area (Å²) in [5, 5.41) is 1.15. The van der Waals surface area contributed by atoms with E-state index in [2.05, 4.69) is 24.3 Å². The van der Waals surface area contributed by atoms with E-state index in [4.69, 9.17) is 37.7 Å². The van der Waals surface area contributed by atoms with Crippen molar-refractivity contribution in [2.24, 2.45) is 4.99 Å². The first kappa shape index (κ1) is 27.7. The van der Waals surface area contributed by atoms with Crippen LogP contribution in [0, 0.1) is 0 Å². The summed E-state index contributed by atoms with van der Waals surface area (Å²) < 4.78 is 13.8. The van der Waals surface area contributed by atoms with Crippen molar-refractivity contribution in [3.63, 3.8) is 0 Å². The molecule has 1 aromatic heterocycles. The summed E-state index contributed by atoms with van der Waals surface area (Å²) in [6, 6.07) is 29.2. The van der Waals surface area contributed by atoms with Crippen molar-refractivity contribution in [1.82, 2.24) is 4.57 Å². The van der Waals surface area contributed by atoms with Gasteiger partial charge in [-0.2, -0.15) is 0 Å². The third-order valence-corrected chi connectivity index (χ3v) is 9.46. The van der Waals surface area contributed by atoms with Gasteiger partial charge in [0.25, 0.3) is 5.56 Å². The highest BCUT2D eigenvalue weighted by molar-refractivity contribution is 7.07. The maximum absolute atomic E-state index is 14.0. The van der Waals surface area contributed by atoms with Crippen LogP contribution in [-0.4, -0.2) is 11.7 Å². The summed E-state index contributed by atoms with van der Waals surface area (Å²) in [6.45, 7) is 0.326. The van der Waals surface area contributed by atoms with Crippen LogP contribution in [0.1, 0.15) is 40.3 Å². The summed E-state index contributed by atoms with van der Waals surface area (Å²) in [7, 11) is 1.66. The fourth-order valence-corrected chi connectivity index (χ4v) is 7.18. The highest BCUT2D eigenvalue weighted by Gasteiger charge is 2.32. The highest BCUT2D eigenvalue weighted by Crippen LogP contribution is 2.41. The Labute approximate surface area is 262 Å². The van der Waals surface area contributed by atoms with Crippen molar-refractivity contribution in [1.29, 1.82) is 0 Å². The normalized spacial score (nSPS) is 15.8. The van der Waals surface area contributed by atoms with Crippen LogP contribution >= 0.6 is 34.5 Å². The summed E-state index contributed by atoms with van der Waals surface area (Å²) in [5.74, 6) is 1.48. The molecule has 0 spiro atoms. The molecule has 0 unspecified atom stereocenters. The second-order valence-corrected chi connectivity index (χ2v) is 12.3. The van der Waals surface area contributed by atoms with Gasteiger partial charge in [-0.05, 0) is 77.6 Å². The number of hydrogen-bond acceptors (Lipinski definition) is 5. The molecule has 1 aliphatic carbocycles. The number of benzene rings is 4. The number of halogens is 2. The van der Waals surface area contributed by atoms with Gasteiger partial charge in [-0.3, -0.25) is 9.36 Å². The van der Waals surface area contributed by atoms with Crippen LogP contribution in [0.3, 0.4) is 0 Å². The smallest absolute Gasteiger partial charge is 0.271 e. The van der Waals surface area contributed by atoms with E-state index in [0.717, 1.165) is 46.5 Å². The molecule has 0 radical (unpaired) electrons. The van der Waals surface area contributed by atoms with Crippen LogP contribution in [0.2, 0.25) is 10.0 Å². The van der Waals surface area contributed by atoms with E-state index in [1.807, 2.05) is 65.2 Å². The first-order valence-electron chi connectivity index (χ1n) is 13.9. The number of fused-ring (bicyclic) bond motifs is 3. The Hall–Kier alpha value is -4.10. The number of methoxy groups -OCH3 is 1. The highest BCUT2D eigenvalue weighted by atomic mass is 35.5. The maximum atomic E-state index is 14.0. The third kappa shape index (κ3) is 5.31. The average molecular weight is 626 g/mol. The Morgan fingerprint density at radius 3 is 2.49 bits per heavy atom. The monoisotopic (exact) mass is 624 g/mol. The van der Waals surface area contributed by atoms with Gasteiger partial charge < -0.3 is 9.47 Å². The van der Waals surface area contributed by atoms with Crippen molar-refractivity contribution >= 4 is 46.3 Å². The number of aryl methyl sites for hydroxylation is 1. The standard InChI is InChI=1S/C35H26Cl2N2O3S/c1-41-26-15-9-23(10-16-26)33-29-17-11-22-4-2-3-5-28(22)32(29)38-35-39(33)34(40)31(43-35)18-21-6-13-27(14-7-21)42-20-24-8-12-25(36)19-30(24)37/h2-10,12-16,18-19,33H,11,17,20H2,1H3/b31-18+/t33-/m0/s1. The van der Waals surface area contributed by atoms with Crippen molar-refractivity contribution in [3.05, 3.63) is 154 Å². The van der Waals surface area contributed by atoms with Crippen molar-refractivity contribution in [2.45, 2.75) is 25.5 Å². The first-order chi connectivity index (χ1) is 21.0. The van der Waals surface area contributed by atoms with E-state index < -0.39 is 0 Å². The van der Waals surface area contributed by atoms with Crippen molar-refractivity contribution in [3.8, 4) is 11.5 Å². The molecule has 2 heterocycles. The third-order valence-electron chi connectivity index (χ3n) is 7.89. The van der Waals surface area contributed by atoms with E-state index in [-0.39, 0.29) is 11.6 Å². The number of thiazole rings is 1. The molecule has 0 N–H and O–H groups in total. The van der Waals surface area contributed by atoms with Gasteiger partial charge in [0.15, 0.2) is 4.80 Å². The predicted molar refractivity (Wildman–Crippen MR) is 173 cm³/mol. The lowest BCUT2D eigenvalue weighted by Gasteiger charge is -2.30. The van der Waals surface area contributed by atoms with Crippen LogP contribution in [0.15, 0.2) is 106 Å². The number of allylic oxidation sites excluding steroid dienone is 1. The number of aromatic nitrogens is 1. The molecule has 5 aromatic rings. The minimum absolute atomic E-state index is 0.0484. The predicted octanol–water partition coefficient (Wildman–Crippen LogP) is 7.21. The van der Waals surface area contributed by atoms with Crippen LogP contribution in [0.5, 0.6) is 11.5 Å². The molecular weight excluding hydrogens is 599 g/mol. The first-order valence-corrected chi connectivity index (χ1v) is 15.5. The fourth-order valence-electron chi connectivity index (χ4n) is 5.72. The zero-order chi connectivity index (χ0) is 29.5. The van der Waals surface area contributed by atoms with Crippen LogP contribution in [-0.2, 0) is 13.0 Å². The zero-order valence-corrected chi connectivity index (χ0v) is 25.5. The average Bonchev–Trinajstić information content (AvgIpc) is 3.34. The molecule has 7 rings (SSSR count). The van der Waals surface area contributed by atoms with Gasteiger partial charge in [0.1, 0.15) is 18.1 Å². The Bertz CT molecular complexity index is 2060. The molecule has 0 saturated carbocycles. The molecule has 8 heteroatoms. The Kier molecular flexibility index (Phi) is 7.43. The molecule has 0 fully saturated rings. The van der Waals surface area contributed by atoms with E-state index in [0.29, 0.717) is 31.7 Å². The zero-order valence-electron chi connectivity index (χ0n) is 23.2. The SMILES string of the molecule is COc1ccc([C@H]2C3=C(N=c4s/c(=C/c5ccc(OCc6ccc(Cl)cc6Cl)cc5)c(=O)n42)c2ccccc2CC3)cc1. The van der Waals surface area contributed by atoms with Crippen molar-refractivity contribution in [2.75, 3.05) is 7.11 Å². The summed E-state index contributed by atoms with van der Waals surface area (Å²) >= 11 is 13.7. The quantitative estimate of drug-likeness (QED) is 0.200. The van der Waals surface area contributed by atoms with E-state index in [1.54, 1.807) is 19.2 Å². The molecule has 1 atom stereocenters. The summed E-state index contributed by atoms with van der Waals surface area (Å²) in [4.78, 5) is 19.8. The number of ether oxygens (including phenoxy) is 2. The van der Waals surface area contributed by atoms with Gasteiger partial charge in [0.05, 0.1) is 23.4 Å². The molecule has 5 nitrogen and oxygen atoms in total. The molecule has 2 aliphatic rings. The molecule has 43 heavy (non-hydrogen) atoms. The van der Waals surface area contributed by atoms with E-state index in [1.165, 1.54) is 22.5 Å². The number of rotatable bonds is 6. The number of hydrogen-bond donors (Lipinski definition) is 0. The Morgan fingerprint density at radius 1 is 0.953 bits per heavy atom. The summed E-state index contributed by atoms with van der Waals surface area (Å²) in [5.41, 5.74) is 7.34. The lowest BCUT2D eigenvalue weighted by Crippen LogP contribution is -2.38. The van der Waals surface area contributed by atoms with Gasteiger partial charge in [0, 0.05) is 21.2 Å². The molecule has 4 aromatic carbocycles. The minimum atomic E-state index is -0.233. The lowest BCUT2D eigenvalue weighted by atomic mass is 9.83. The molecule has 214 valence electrons. The van der Waals surface area contributed by atoms with Gasteiger partial charge in [-0.25, -0.2) is 4.99 Å². The van der Waals surface area contributed by atoms with Crippen molar-refractivity contribution < 1.29 is 9.47 Å². The Balaban J connectivity index is 1.26. The number of nitrogens with zero attached hydrogens (tertiary/aromatic N) is 2. The topological polar surface area (TPSA) is 52.8 Å². The molecule has 0 saturated heterocycles. The summed E-state index contributed by atoms with van der Waals surface area (Å²) in [6.07, 6.45) is 3.69. The van der Waals surface area contributed by atoms with Gasteiger partial charge >= 0.3 is 0 Å². The van der Waals surface area contributed by atoms with Crippen LogP contribution in [0.25, 0.3) is 11.8 Å². The molecular formula is C35H26Cl2N2O3S. The second kappa shape index (κ2) is 11.5. The van der Waals surface area contributed by atoms with Crippen LogP contribution in [0.4, 0.5) is 0 Å². The molecule has 0 bridgehead atoms. The van der Waals surface area contributed by atoms with Crippen LogP contribution < -0.4 is 24.4 Å².